The second-order valence-corrected chi connectivity index (χ2v) is 27.3. The fourth-order valence-electron chi connectivity index (χ4n) is 12.5. The molecule has 4 saturated heterocycles. The number of hydrogen-bond donors (Lipinski definition) is 10. The highest BCUT2D eigenvalue weighted by atomic mass is 32.1. The maximum Gasteiger partial charge on any atom is 0.399 e. The van der Waals surface area contributed by atoms with Gasteiger partial charge in [0.25, 0.3) is 18.2 Å². The number of imide groups is 1. The van der Waals surface area contributed by atoms with E-state index in [1.165, 1.54) is 20.8 Å². The Morgan fingerprint density at radius 3 is 2.27 bits per heavy atom. The summed E-state index contributed by atoms with van der Waals surface area (Å²) in [4.78, 5) is 135. The molecule has 0 bridgehead atoms. The fourth-order valence-corrected chi connectivity index (χ4v) is 13.9. The van der Waals surface area contributed by atoms with Gasteiger partial charge in [-0.2, -0.15) is 8.78 Å². The van der Waals surface area contributed by atoms with Gasteiger partial charge in [-0.05, 0) is 110 Å². The molecule has 480 valence electrons. The van der Waals surface area contributed by atoms with E-state index in [1.807, 2.05) is 30.3 Å². The van der Waals surface area contributed by atoms with Gasteiger partial charge in [0.15, 0.2) is 5.96 Å². The van der Waals surface area contributed by atoms with Crippen molar-refractivity contribution < 1.29 is 70.3 Å². The molecule has 23 nitrogen and oxygen atoms in total. The molecule has 9 rings (SSSR count). The van der Waals surface area contributed by atoms with E-state index in [1.54, 1.807) is 17.0 Å². The Morgan fingerprint density at radius 1 is 0.876 bits per heavy atom. The Morgan fingerprint density at radius 2 is 1.60 bits per heavy atom. The average molecular weight is 1280 g/mol. The van der Waals surface area contributed by atoms with Crippen LogP contribution in [0.25, 0.3) is 10.1 Å². The predicted molar refractivity (Wildman–Crippen MR) is 322 cm³/mol. The number of nitrogens with one attached hydrogen (secondary N) is 7. The standard InChI is InChI=1S/C60H75F4N12O11PS/c1-59(2,3)36-9-7-34(8-10-36)27-43(56(83)74-25-19-33(20-26-74)17-22-67-41-6-4-5-39-40(41)30-75(55(39)82)45-14-16-50(77)72-52(45)79)70-51(78)42(18-23-68-58(65)66)69-53(80)46-13-12-38-21-24-73(32-49(61)62)31-44(57(84)76(38)46)71-54(81)48-29-35-28-37(11-15-47(35)89-48)60(63,64)88(85,86)87/h4-11,15,28-29,33,38,42-46,49,67H,12-14,16-27,30-32H2,1-3H3,(H,69,80)(H,70,78)(H,71,81)(H4,65,66,68)(H,72,77,79)(H2,85,86,87)/t38-,42+,43+,44+,45?,46+/m1/s1. The van der Waals surface area contributed by atoms with E-state index in [4.69, 9.17) is 11.1 Å². The molecule has 1 aromatic heterocycles. The van der Waals surface area contributed by atoms with E-state index >= 15 is 0 Å². The Kier molecular flexibility index (Phi) is 20.2. The number of fused-ring (bicyclic) bond motifs is 3. The van der Waals surface area contributed by atoms with Crippen LogP contribution < -0.4 is 37.6 Å². The molecule has 11 N–H and O–H groups in total. The van der Waals surface area contributed by atoms with Gasteiger partial charge in [0.2, 0.25) is 35.4 Å². The Labute approximate surface area is 515 Å². The molecule has 8 amide bonds. The summed E-state index contributed by atoms with van der Waals surface area (Å²) in [5.74, 6) is -4.88. The average Bonchev–Trinajstić information content (AvgIpc) is 1.94. The summed E-state index contributed by atoms with van der Waals surface area (Å²) in [6, 6.07) is 10.4. The first-order valence-corrected chi connectivity index (χ1v) is 32.2. The summed E-state index contributed by atoms with van der Waals surface area (Å²) >= 11 is 0.823. The summed E-state index contributed by atoms with van der Waals surface area (Å²) in [5, 5.41) is 24.6. The molecule has 4 fully saturated rings. The second-order valence-electron chi connectivity index (χ2n) is 24.5. The van der Waals surface area contributed by atoms with Crippen LogP contribution in [0, 0.1) is 11.3 Å². The number of guanidine groups is 1. The molecule has 0 aliphatic carbocycles. The highest BCUT2D eigenvalue weighted by Crippen LogP contribution is 2.59. The Balaban J connectivity index is 0.881. The normalized spacial score (nSPS) is 21.2. The van der Waals surface area contributed by atoms with Gasteiger partial charge in [-0.25, -0.2) is 8.78 Å². The van der Waals surface area contributed by atoms with E-state index in [2.05, 4.69) is 52.7 Å². The minimum Gasteiger partial charge on any atom is -0.385 e. The molecule has 4 aromatic rings. The number of thiophene rings is 1. The summed E-state index contributed by atoms with van der Waals surface area (Å²) in [7, 11) is -5.93. The number of nitrogens with two attached hydrogens (primary N) is 1. The maximum atomic E-state index is 14.8. The number of halogens is 4. The van der Waals surface area contributed by atoms with Gasteiger partial charge in [-0.1, -0.05) is 57.2 Å². The molecule has 3 aromatic carbocycles. The lowest BCUT2D eigenvalue weighted by Gasteiger charge is -2.39. The van der Waals surface area contributed by atoms with Gasteiger partial charge < -0.3 is 56.8 Å². The van der Waals surface area contributed by atoms with E-state index in [0.717, 1.165) is 58.3 Å². The van der Waals surface area contributed by atoms with Crippen molar-refractivity contribution in [1.82, 2.24) is 46.2 Å². The molecule has 29 heteroatoms. The lowest BCUT2D eigenvalue weighted by Crippen LogP contribution is -2.62. The minimum atomic E-state index is -5.93. The van der Waals surface area contributed by atoms with Crippen molar-refractivity contribution in [2.24, 2.45) is 11.7 Å². The number of anilines is 1. The van der Waals surface area contributed by atoms with Gasteiger partial charge in [0, 0.05) is 91.8 Å². The molecule has 5 aliphatic heterocycles. The molecule has 1 unspecified atom stereocenters. The third kappa shape index (κ3) is 15.4. The number of rotatable bonds is 21. The van der Waals surface area contributed by atoms with Crippen LogP contribution in [0.15, 0.2) is 66.7 Å². The minimum absolute atomic E-state index is 0.0349. The zero-order valence-electron chi connectivity index (χ0n) is 49.5. The third-order valence-corrected chi connectivity index (χ3v) is 19.5. The van der Waals surface area contributed by atoms with Crippen molar-refractivity contribution in [3.05, 3.63) is 99.4 Å². The van der Waals surface area contributed by atoms with Crippen LogP contribution in [0.4, 0.5) is 23.2 Å². The monoisotopic (exact) mass is 1280 g/mol. The number of hydrogen-bond acceptors (Lipinski definition) is 13. The van der Waals surface area contributed by atoms with Crippen LogP contribution in [-0.4, -0.2) is 171 Å². The number of piperidine rings is 2. The first-order valence-electron chi connectivity index (χ1n) is 29.7. The predicted octanol–water partition coefficient (Wildman–Crippen LogP) is 4.44. The topological polar surface area (TPSA) is 329 Å². The molecule has 0 radical (unpaired) electrons. The maximum absolute atomic E-state index is 14.8. The van der Waals surface area contributed by atoms with Crippen molar-refractivity contribution in [3.63, 3.8) is 0 Å². The number of carbonyl (C=O) groups excluding carboxylic acids is 8. The number of carbonyl (C=O) groups is 8. The molecule has 89 heavy (non-hydrogen) atoms. The van der Waals surface area contributed by atoms with E-state index in [0.29, 0.717) is 38.0 Å². The summed E-state index contributed by atoms with van der Waals surface area (Å²) in [5.41, 5.74) is 3.73. The number of alkyl halides is 4. The van der Waals surface area contributed by atoms with Gasteiger partial charge in [0.1, 0.15) is 30.2 Å². The smallest absolute Gasteiger partial charge is 0.385 e. The Hall–Kier alpha value is -7.52. The number of benzene rings is 3. The highest BCUT2D eigenvalue weighted by Gasteiger charge is 2.51. The van der Waals surface area contributed by atoms with Gasteiger partial charge in [-0.15, -0.1) is 11.3 Å². The van der Waals surface area contributed by atoms with Crippen molar-refractivity contribution in [2.45, 2.75) is 145 Å². The Bertz CT molecular complexity index is 3430. The van der Waals surface area contributed by atoms with Crippen LogP contribution in [0.1, 0.15) is 121 Å². The van der Waals surface area contributed by atoms with E-state index < -0.39 is 110 Å². The molecule has 0 saturated carbocycles. The second kappa shape index (κ2) is 27.3. The lowest BCUT2D eigenvalue weighted by atomic mass is 9.86. The fraction of sp³-hybridized carbons (Fsp3) is 0.517. The van der Waals surface area contributed by atoms with Crippen LogP contribution in [0.5, 0.6) is 0 Å². The lowest BCUT2D eigenvalue weighted by molar-refractivity contribution is -0.144. The summed E-state index contributed by atoms with van der Waals surface area (Å²) in [6.07, 6.45) is 0.0275. The van der Waals surface area contributed by atoms with Crippen molar-refractivity contribution in [3.8, 4) is 0 Å². The molecular formula is C60H75F4N12O11PS. The van der Waals surface area contributed by atoms with Gasteiger partial charge in [0.05, 0.1) is 11.4 Å². The third-order valence-electron chi connectivity index (χ3n) is 17.4. The number of nitrogens with zero attached hydrogens (tertiary/aromatic N) is 4. The molecule has 5 aliphatic rings. The van der Waals surface area contributed by atoms with Crippen molar-refractivity contribution >= 4 is 87.9 Å². The zero-order chi connectivity index (χ0) is 64.3. The molecule has 0 spiro atoms. The zero-order valence-corrected chi connectivity index (χ0v) is 51.2. The first kappa shape index (κ1) is 65.9. The first-order chi connectivity index (χ1) is 42.1. The molecule has 6 heterocycles. The van der Waals surface area contributed by atoms with E-state index in [-0.39, 0.29) is 109 Å². The summed E-state index contributed by atoms with van der Waals surface area (Å²) < 4.78 is 69.1. The highest BCUT2D eigenvalue weighted by molar-refractivity contribution is 7.52. The summed E-state index contributed by atoms with van der Waals surface area (Å²) in [6.45, 7) is 6.54. The molecule has 6 atom stereocenters. The largest absolute Gasteiger partial charge is 0.399 e. The van der Waals surface area contributed by atoms with Crippen LogP contribution in [-0.2, 0) is 57.4 Å². The van der Waals surface area contributed by atoms with Gasteiger partial charge in [-0.3, -0.25) is 58.5 Å². The van der Waals surface area contributed by atoms with Crippen LogP contribution in [0.2, 0.25) is 0 Å². The van der Waals surface area contributed by atoms with Crippen molar-refractivity contribution in [2.75, 3.05) is 51.1 Å². The van der Waals surface area contributed by atoms with Crippen LogP contribution >= 0.6 is 18.9 Å². The van der Waals surface area contributed by atoms with Crippen molar-refractivity contribution in [1.29, 1.82) is 5.41 Å². The SMILES string of the molecule is CC(C)(C)c1ccc(C[C@H](NC(=O)[C@H](CCNC(=N)N)NC(=O)[C@@H]2CC[C@@H]3CCN(CC(F)F)C[C@H](NC(=O)c4cc5cc(C(F)(F)P(=O)(O)O)ccc5s4)C(=O)N32)C(=O)N2CCC(CCNc3cccc4c3CN(C3CCC(=O)NC3=O)C4=O)CC2)cc1. The quantitative estimate of drug-likeness (QED) is 0.0181. The van der Waals surface area contributed by atoms with E-state index in [9.17, 15) is 70.3 Å². The van der Waals surface area contributed by atoms with Crippen LogP contribution in [0.3, 0.4) is 0 Å². The number of likely N-dealkylation sites (tertiary alicyclic amines) is 1. The molecular weight excluding hydrogens is 1200 g/mol. The number of amides is 8. The van der Waals surface area contributed by atoms with Gasteiger partial charge >= 0.3 is 13.3 Å².